The van der Waals surface area contributed by atoms with Gasteiger partial charge in [0.25, 0.3) is 5.91 Å². The maximum absolute atomic E-state index is 12.5. The predicted molar refractivity (Wildman–Crippen MR) is 84.1 cm³/mol. The molecule has 0 unspecified atom stereocenters. The van der Waals surface area contributed by atoms with Gasteiger partial charge in [0.2, 0.25) is 0 Å². The fourth-order valence-electron chi connectivity index (χ4n) is 1.97. The third-order valence-corrected chi connectivity index (χ3v) is 3.44. The Balaban J connectivity index is 2.30. The second kappa shape index (κ2) is 6.49. The van der Waals surface area contributed by atoms with Gasteiger partial charge >= 0.3 is 5.97 Å². The highest BCUT2D eigenvalue weighted by atomic mass is 35.5. The molecule has 2 rings (SSSR count). The highest BCUT2D eigenvalue weighted by molar-refractivity contribution is 6.31. The van der Waals surface area contributed by atoms with Gasteiger partial charge in [0.15, 0.2) is 0 Å². The number of ether oxygens (including phenoxy) is 1. The van der Waals surface area contributed by atoms with Crippen molar-refractivity contribution in [3.05, 3.63) is 58.6 Å². The summed E-state index contributed by atoms with van der Waals surface area (Å²) in [5.74, 6) is -0.914. The first-order valence-corrected chi connectivity index (χ1v) is 6.77. The van der Waals surface area contributed by atoms with Crippen LogP contribution in [-0.2, 0) is 0 Å². The van der Waals surface area contributed by atoms with Crippen LogP contribution in [0.1, 0.15) is 20.7 Å². The van der Waals surface area contributed by atoms with Crippen molar-refractivity contribution in [3.63, 3.8) is 0 Å². The second-order valence-corrected chi connectivity index (χ2v) is 5.00. The summed E-state index contributed by atoms with van der Waals surface area (Å²) in [6, 6.07) is 10.8. The number of anilines is 1. The number of aromatic carboxylic acids is 1. The number of nitrogens with zero attached hydrogens (tertiary/aromatic N) is 1. The lowest BCUT2D eigenvalue weighted by Gasteiger charge is -2.19. The average molecular weight is 320 g/mol. The average Bonchev–Trinajstić information content (AvgIpc) is 2.53. The Morgan fingerprint density at radius 3 is 2.32 bits per heavy atom. The molecular formula is C16H14ClNO4. The molecule has 22 heavy (non-hydrogen) atoms. The number of methoxy groups -OCH3 is 1. The number of hydrogen-bond donors (Lipinski definition) is 1. The zero-order valence-electron chi connectivity index (χ0n) is 12.0. The molecule has 0 fully saturated rings. The van der Waals surface area contributed by atoms with Crippen LogP contribution in [0, 0.1) is 0 Å². The summed E-state index contributed by atoms with van der Waals surface area (Å²) in [6.45, 7) is 0. The molecule has 2 aromatic rings. The van der Waals surface area contributed by atoms with E-state index in [4.69, 9.17) is 21.4 Å². The zero-order valence-corrected chi connectivity index (χ0v) is 12.8. The molecule has 0 saturated heterocycles. The lowest BCUT2D eigenvalue weighted by molar-refractivity contribution is 0.0696. The summed E-state index contributed by atoms with van der Waals surface area (Å²) in [4.78, 5) is 24.8. The van der Waals surface area contributed by atoms with Crippen molar-refractivity contribution in [2.75, 3.05) is 19.1 Å². The van der Waals surface area contributed by atoms with Crippen molar-refractivity contribution in [1.82, 2.24) is 0 Å². The number of carboxylic acid groups (broad SMARTS) is 1. The molecule has 2 aromatic carbocycles. The Morgan fingerprint density at radius 2 is 1.77 bits per heavy atom. The normalized spacial score (nSPS) is 10.1. The summed E-state index contributed by atoms with van der Waals surface area (Å²) < 4.78 is 5.17. The van der Waals surface area contributed by atoms with Crippen LogP contribution in [0.2, 0.25) is 5.02 Å². The maximum Gasteiger partial charge on any atom is 0.335 e. The largest absolute Gasteiger partial charge is 0.496 e. The van der Waals surface area contributed by atoms with E-state index in [1.54, 1.807) is 37.4 Å². The number of hydrogen-bond acceptors (Lipinski definition) is 3. The predicted octanol–water partition coefficient (Wildman–Crippen LogP) is 3.32. The lowest BCUT2D eigenvalue weighted by atomic mass is 10.1. The molecule has 114 valence electrons. The quantitative estimate of drug-likeness (QED) is 0.938. The van der Waals surface area contributed by atoms with Crippen LogP contribution >= 0.6 is 11.6 Å². The van der Waals surface area contributed by atoms with Gasteiger partial charge in [-0.25, -0.2) is 4.79 Å². The van der Waals surface area contributed by atoms with Crippen LogP contribution in [0.15, 0.2) is 42.5 Å². The highest BCUT2D eigenvalue weighted by Gasteiger charge is 2.18. The number of carbonyl (C=O) groups is 2. The van der Waals surface area contributed by atoms with E-state index in [2.05, 4.69) is 0 Å². The first-order chi connectivity index (χ1) is 10.4. The van der Waals surface area contributed by atoms with E-state index in [0.29, 0.717) is 22.0 Å². The van der Waals surface area contributed by atoms with Crippen molar-refractivity contribution in [2.24, 2.45) is 0 Å². The Morgan fingerprint density at radius 1 is 1.14 bits per heavy atom. The minimum absolute atomic E-state index is 0.161. The van der Waals surface area contributed by atoms with Crippen LogP contribution < -0.4 is 9.64 Å². The van der Waals surface area contributed by atoms with Gasteiger partial charge in [-0.3, -0.25) is 4.79 Å². The topological polar surface area (TPSA) is 66.8 Å². The van der Waals surface area contributed by atoms with Gasteiger partial charge in [-0.1, -0.05) is 11.6 Å². The van der Waals surface area contributed by atoms with Crippen molar-refractivity contribution in [2.45, 2.75) is 0 Å². The van der Waals surface area contributed by atoms with Crippen LogP contribution in [0.5, 0.6) is 5.75 Å². The molecule has 0 aromatic heterocycles. The summed E-state index contributed by atoms with van der Waals surface area (Å²) >= 11 is 5.88. The van der Waals surface area contributed by atoms with E-state index in [1.165, 1.54) is 24.1 Å². The fraction of sp³-hybridized carbons (Fsp3) is 0.125. The maximum atomic E-state index is 12.5. The Hall–Kier alpha value is -2.53. The van der Waals surface area contributed by atoms with Gasteiger partial charge < -0.3 is 14.7 Å². The zero-order chi connectivity index (χ0) is 16.3. The lowest BCUT2D eigenvalue weighted by Crippen LogP contribution is -2.26. The van der Waals surface area contributed by atoms with Crippen molar-refractivity contribution in [1.29, 1.82) is 0 Å². The monoisotopic (exact) mass is 319 g/mol. The minimum atomic E-state index is -1.01. The molecule has 0 spiro atoms. The molecular weight excluding hydrogens is 306 g/mol. The first kappa shape index (κ1) is 15.9. The molecule has 0 aliphatic heterocycles. The molecule has 0 bridgehead atoms. The van der Waals surface area contributed by atoms with Gasteiger partial charge in [-0.05, 0) is 42.5 Å². The first-order valence-electron chi connectivity index (χ1n) is 6.39. The minimum Gasteiger partial charge on any atom is -0.496 e. The van der Waals surface area contributed by atoms with E-state index >= 15 is 0 Å². The van der Waals surface area contributed by atoms with E-state index in [0.717, 1.165) is 0 Å². The molecule has 1 N–H and O–H groups in total. The highest BCUT2D eigenvalue weighted by Crippen LogP contribution is 2.26. The fourth-order valence-corrected chi connectivity index (χ4v) is 2.13. The van der Waals surface area contributed by atoms with Crippen molar-refractivity contribution < 1.29 is 19.4 Å². The van der Waals surface area contributed by atoms with Crippen LogP contribution in [0.25, 0.3) is 0 Å². The van der Waals surface area contributed by atoms with Crippen LogP contribution in [0.4, 0.5) is 5.69 Å². The van der Waals surface area contributed by atoms with E-state index in [-0.39, 0.29) is 11.5 Å². The van der Waals surface area contributed by atoms with Crippen LogP contribution in [-0.4, -0.2) is 31.1 Å². The number of rotatable bonds is 4. The Kier molecular flexibility index (Phi) is 4.68. The van der Waals surface area contributed by atoms with Crippen LogP contribution in [0.3, 0.4) is 0 Å². The van der Waals surface area contributed by atoms with Gasteiger partial charge in [-0.15, -0.1) is 0 Å². The second-order valence-electron chi connectivity index (χ2n) is 4.56. The standard InChI is InChI=1S/C16H14ClNO4/c1-18(12-6-3-10(4-7-12)16(20)21)15(19)13-8-5-11(17)9-14(13)22-2/h3-9H,1-2H3,(H,20,21). The molecule has 1 amide bonds. The summed E-state index contributed by atoms with van der Waals surface area (Å²) in [7, 11) is 3.07. The van der Waals surface area contributed by atoms with Crippen molar-refractivity contribution >= 4 is 29.2 Å². The molecule has 0 saturated carbocycles. The number of benzene rings is 2. The summed E-state index contributed by atoms with van der Waals surface area (Å²) in [6.07, 6.45) is 0. The molecule has 0 aliphatic carbocycles. The molecule has 0 heterocycles. The molecule has 0 radical (unpaired) electrons. The third kappa shape index (κ3) is 3.20. The van der Waals surface area contributed by atoms with Gasteiger partial charge in [0.05, 0.1) is 18.2 Å². The summed E-state index contributed by atoms with van der Waals surface area (Å²) in [5.41, 5.74) is 1.11. The molecule has 5 nitrogen and oxygen atoms in total. The number of carbonyl (C=O) groups excluding carboxylic acids is 1. The molecule has 0 aliphatic rings. The smallest absolute Gasteiger partial charge is 0.335 e. The van der Waals surface area contributed by atoms with Gasteiger partial charge in [0, 0.05) is 17.8 Å². The number of carboxylic acids is 1. The van der Waals surface area contributed by atoms with E-state index in [9.17, 15) is 9.59 Å². The Bertz CT molecular complexity index is 713. The molecule has 0 atom stereocenters. The van der Waals surface area contributed by atoms with Crippen molar-refractivity contribution in [3.8, 4) is 5.75 Å². The summed E-state index contributed by atoms with van der Waals surface area (Å²) in [5, 5.41) is 9.36. The van der Waals surface area contributed by atoms with E-state index < -0.39 is 5.97 Å². The third-order valence-electron chi connectivity index (χ3n) is 3.20. The van der Waals surface area contributed by atoms with E-state index in [1.807, 2.05) is 0 Å². The number of halogens is 1. The number of amides is 1. The van der Waals surface area contributed by atoms with Gasteiger partial charge in [0.1, 0.15) is 5.75 Å². The Labute approximate surface area is 132 Å². The molecule has 6 heteroatoms. The van der Waals surface area contributed by atoms with Gasteiger partial charge in [-0.2, -0.15) is 0 Å². The SMILES string of the molecule is COc1cc(Cl)ccc1C(=O)N(C)c1ccc(C(=O)O)cc1.